The molecule has 1 aromatic heterocycles. The Labute approximate surface area is 151 Å². The van der Waals surface area contributed by atoms with Crippen LogP contribution in [-0.4, -0.2) is 21.9 Å². The van der Waals surface area contributed by atoms with Crippen molar-refractivity contribution in [2.75, 3.05) is 11.1 Å². The molecule has 1 aromatic carbocycles. The second-order valence-corrected chi connectivity index (χ2v) is 8.71. The highest BCUT2D eigenvalue weighted by atomic mass is 32.2. The van der Waals surface area contributed by atoms with Crippen molar-refractivity contribution in [1.29, 1.82) is 0 Å². The molecular weight excluding hydrogens is 338 g/mol. The summed E-state index contributed by atoms with van der Waals surface area (Å²) >= 11 is 2.95. The fourth-order valence-corrected chi connectivity index (χ4v) is 3.59. The summed E-state index contributed by atoms with van der Waals surface area (Å²) in [6, 6.07) is 8.48. The molecule has 0 aliphatic carbocycles. The van der Waals surface area contributed by atoms with Gasteiger partial charge in [0.1, 0.15) is 0 Å². The SMILES string of the molecule is C=CCSc1nnc(NC(=O)CCc2ccc(C(C)(C)C)cc2)s1. The van der Waals surface area contributed by atoms with Crippen molar-refractivity contribution < 1.29 is 4.79 Å². The summed E-state index contributed by atoms with van der Waals surface area (Å²) in [5, 5.41) is 11.4. The van der Waals surface area contributed by atoms with Gasteiger partial charge in [0, 0.05) is 12.2 Å². The molecule has 0 aliphatic rings. The summed E-state index contributed by atoms with van der Waals surface area (Å²) in [5.41, 5.74) is 2.61. The number of aromatic nitrogens is 2. The summed E-state index contributed by atoms with van der Waals surface area (Å²) in [7, 11) is 0. The van der Waals surface area contributed by atoms with Gasteiger partial charge in [-0.25, -0.2) is 0 Å². The normalized spacial score (nSPS) is 11.3. The number of benzene rings is 1. The van der Waals surface area contributed by atoms with Gasteiger partial charge in [0.25, 0.3) is 0 Å². The van der Waals surface area contributed by atoms with Gasteiger partial charge in [0.15, 0.2) is 4.34 Å². The van der Waals surface area contributed by atoms with Crippen LogP contribution in [0.4, 0.5) is 5.13 Å². The number of anilines is 1. The van der Waals surface area contributed by atoms with Crippen molar-refractivity contribution in [3.8, 4) is 0 Å². The lowest BCUT2D eigenvalue weighted by Crippen LogP contribution is -2.13. The average molecular weight is 362 g/mol. The largest absolute Gasteiger partial charge is 0.300 e. The molecule has 0 fully saturated rings. The third-order valence-corrected chi connectivity index (χ3v) is 5.41. The number of aryl methyl sites for hydroxylation is 1. The standard InChI is InChI=1S/C18H23N3OS2/c1-5-12-23-17-21-20-16(24-17)19-15(22)11-8-13-6-9-14(10-7-13)18(2,3)4/h5-7,9-10H,1,8,11-12H2,2-4H3,(H,19,20,22). The fourth-order valence-electron chi connectivity index (χ4n) is 2.06. The van der Waals surface area contributed by atoms with Crippen LogP contribution in [0.25, 0.3) is 0 Å². The summed E-state index contributed by atoms with van der Waals surface area (Å²) in [4.78, 5) is 12.0. The Morgan fingerprint density at radius 2 is 2.00 bits per heavy atom. The molecule has 1 heterocycles. The molecule has 0 saturated carbocycles. The molecule has 0 aliphatic heterocycles. The number of carbonyl (C=O) groups excluding carboxylic acids is 1. The van der Waals surface area contributed by atoms with Gasteiger partial charge in [-0.1, -0.05) is 74.2 Å². The van der Waals surface area contributed by atoms with E-state index >= 15 is 0 Å². The second kappa shape index (κ2) is 8.44. The number of thioether (sulfide) groups is 1. The summed E-state index contributed by atoms with van der Waals surface area (Å²) < 4.78 is 0.836. The van der Waals surface area contributed by atoms with Crippen molar-refractivity contribution in [3.63, 3.8) is 0 Å². The zero-order chi connectivity index (χ0) is 17.6. The Kier molecular flexibility index (Phi) is 6.57. The Balaban J connectivity index is 1.82. The van der Waals surface area contributed by atoms with E-state index in [4.69, 9.17) is 0 Å². The minimum absolute atomic E-state index is 0.0358. The highest BCUT2D eigenvalue weighted by Crippen LogP contribution is 2.25. The zero-order valence-corrected chi connectivity index (χ0v) is 16.0. The number of nitrogens with zero attached hydrogens (tertiary/aromatic N) is 2. The van der Waals surface area contributed by atoms with E-state index in [9.17, 15) is 4.79 Å². The lowest BCUT2D eigenvalue weighted by molar-refractivity contribution is -0.116. The first-order valence-electron chi connectivity index (χ1n) is 7.85. The van der Waals surface area contributed by atoms with Crippen LogP contribution < -0.4 is 5.32 Å². The van der Waals surface area contributed by atoms with Crippen LogP contribution in [-0.2, 0) is 16.6 Å². The molecule has 0 spiro atoms. The topological polar surface area (TPSA) is 54.9 Å². The van der Waals surface area contributed by atoms with Crippen LogP contribution in [0.3, 0.4) is 0 Å². The van der Waals surface area contributed by atoms with E-state index in [0.717, 1.165) is 15.7 Å². The average Bonchev–Trinajstić information content (AvgIpc) is 2.98. The lowest BCUT2D eigenvalue weighted by Gasteiger charge is -2.19. The van der Waals surface area contributed by atoms with Gasteiger partial charge in [-0.3, -0.25) is 4.79 Å². The first-order valence-corrected chi connectivity index (χ1v) is 9.65. The Morgan fingerprint density at radius 3 is 2.62 bits per heavy atom. The molecule has 0 unspecified atom stereocenters. The molecule has 24 heavy (non-hydrogen) atoms. The third kappa shape index (κ3) is 5.76. The van der Waals surface area contributed by atoms with Gasteiger partial charge in [-0.15, -0.1) is 16.8 Å². The summed E-state index contributed by atoms with van der Waals surface area (Å²) in [6.45, 7) is 10.2. The Bertz CT molecular complexity index is 687. The fraction of sp³-hybridized carbons (Fsp3) is 0.389. The maximum absolute atomic E-state index is 12.0. The highest BCUT2D eigenvalue weighted by molar-refractivity contribution is 8.01. The first-order chi connectivity index (χ1) is 11.4. The van der Waals surface area contributed by atoms with Crippen molar-refractivity contribution >= 4 is 34.1 Å². The Hall–Kier alpha value is -1.66. The van der Waals surface area contributed by atoms with E-state index in [1.165, 1.54) is 16.9 Å². The van der Waals surface area contributed by atoms with Crippen molar-refractivity contribution in [3.05, 3.63) is 48.0 Å². The molecular formula is C18H23N3OS2. The number of amides is 1. The van der Waals surface area contributed by atoms with Crippen LogP contribution >= 0.6 is 23.1 Å². The van der Waals surface area contributed by atoms with Gasteiger partial charge in [-0.05, 0) is 23.0 Å². The molecule has 6 heteroatoms. The molecule has 2 rings (SSSR count). The molecule has 0 bridgehead atoms. The molecule has 128 valence electrons. The van der Waals surface area contributed by atoms with E-state index in [1.807, 2.05) is 6.08 Å². The Morgan fingerprint density at radius 1 is 1.29 bits per heavy atom. The maximum Gasteiger partial charge on any atom is 0.226 e. The zero-order valence-electron chi connectivity index (χ0n) is 14.3. The van der Waals surface area contributed by atoms with Gasteiger partial charge in [-0.2, -0.15) is 0 Å². The summed E-state index contributed by atoms with van der Waals surface area (Å²) in [5.74, 6) is 0.749. The third-order valence-electron chi connectivity index (χ3n) is 3.44. The van der Waals surface area contributed by atoms with E-state index in [-0.39, 0.29) is 11.3 Å². The minimum atomic E-state index is -0.0358. The molecule has 1 N–H and O–H groups in total. The van der Waals surface area contributed by atoms with E-state index in [1.54, 1.807) is 11.8 Å². The molecule has 4 nitrogen and oxygen atoms in total. The van der Waals surface area contributed by atoms with Crippen molar-refractivity contribution in [1.82, 2.24) is 10.2 Å². The highest BCUT2D eigenvalue weighted by Gasteiger charge is 2.13. The van der Waals surface area contributed by atoms with Gasteiger partial charge in [0.05, 0.1) is 0 Å². The van der Waals surface area contributed by atoms with Gasteiger partial charge in [0.2, 0.25) is 11.0 Å². The van der Waals surface area contributed by atoms with Gasteiger partial charge < -0.3 is 5.32 Å². The van der Waals surface area contributed by atoms with E-state index in [2.05, 4.69) is 67.1 Å². The van der Waals surface area contributed by atoms with E-state index < -0.39 is 0 Å². The van der Waals surface area contributed by atoms with Crippen LogP contribution in [0.1, 0.15) is 38.3 Å². The predicted molar refractivity (Wildman–Crippen MR) is 103 cm³/mol. The first kappa shape index (κ1) is 18.7. The van der Waals surface area contributed by atoms with Crippen LogP contribution in [0.2, 0.25) is 0 Å². The number of hydrogen-bond donors (Lipinski definition) is 1. The number of rotatable bonds is 7. The van der Waals surface area contributed by atoms with Crippen molar-refractivity contribution in [2.24, 2.45) is 0 Å². The monoisotopic (exact) mass is 361 g/mol. The smallest absolute Gasteiger partial charge is 0.226 e. The maximum atomic E-state index is 12.0. The predicted octanol–water partition coefficient (Wildman–Crippen LogP) is 4.69. The molecule has 0 saturated heterocycles. The molecule has 0 atom stereocenters. The molecule has 1 amide bonds. The quantitative estimate of drug-likeness (QED) is 0.442. The summed E-state index contributed by atoms with van der Waals surface area (Å²) in [6.07, 6.45) is 2.96. The number of hydrogen-bond acceptors (Lipinski definition) is 5. The van der Waals surface area contributed by atoms with E-state index in [0.29, 0.717) is 18.0 Å². The van der Waals surface area contributed by atoms with Crippen LogP contribution in [0, 0.1) is 0 Å². The number of carbonyl (C=O) groups is 1. The lowest BCUT2D eigenvalue weighted by atomic mass is 9.86. The minimum Gasteiger partial charge on any atom is -0.300 e. The molecule has 2 aromatic rings. The molecule has 0 radical (unpaired) electrons. The van der Waals surface area contributed by atoms with Crippen LogP contribution in [0.5, 0.6) is 0 Å². The number of nitrogens with one attached hydrogen (secondary N) is 1. The van der Waals surface area contributed by atoms with Crippen molar-refractivity contribution in [2.45, 2.75) is 43.4 Å². The van der Waals surface area contributed by atoms with Gasteiger partial charge >= 0.3 is 0 Å². The second-order valence-electron chi connectivity index (χ2n) is 6.47. The van der Waals surface area contributed by atoms with Crippen LogP contribution in [0.15, 0.2) is 41.3 Å².